The van der Waals surface area contributed by atoms with Crippen molar-refractivity contribution in [1.29, 1.82) is 0 Å². The van der Waals surface area contributed by atoms with Gasteiger partial charge in [0.15, 0.2) is 6.61 Å². The molecule has 5 heteroatoms. The van der Waals surface area contributed by atoms with E-state index in [0.29, 0.717) is 9.36 Å². The van der Waals surface area contributed by atoms with E-state index >= 15 is 0 Å². The van der Waals surface area contributed by atoms with Gasteiger partial charge in [0.25, 0.3) is 0 Å². The van der Waals surface area contributed by atoms with Crippen LogP contribution in [0.1, 0.15) is 5.56 Å². The highest BCUT2D eigenvalue weighted by Gasteiger charge is 2.04. The van der Waals surface area contributed by atoms with E-state index in [2.05, 4.69) is 15.9 Å². The highest BCUT2D eigenvalue weighted by molar-refractivity contribution is 7.15. The number of halogens is 2. The zero-order chi connectivity index (χ0) is 9.68. The highest BCUT2D eigenvalue weighted by atomic mass is 35.5. The smallest absolute Gasteiger partial charge is 0.177 e. The van der Waals surface area contributed by atoms with Crippen molar-refractivity contribution in [2.24, 2.45) is 5.16 Å². The maximum absolute atomic E-state index is 5.81. The fraction of sp³-hybridized carbons (Fsp3) is 0.125. The van der Waals surface area contributed by atoms with Crippen LogP contribution < -0.4 is 0 Å². The molecule has 0 atom stereocenters. The molecule has 0 radical (unpaired) electrons. The Morgan fingerprint density at radius 3 is 3.00 bits per heavy atom. The summed E-state index contributed by atoms with van der Waals surface area (Å²) in [6, 6.07) is 0. The average molecular weight is 234 g/mol. The molecule has 0 unspecified atom stereocenters. The van der Waals surface area contributed by atoms with Crippen LogP contribution in [0.25, 0.3) is 0 Å². The molecule has 0 aliphatic rings. The summed E-state index contributed by atoms with van der Waals surface area (Å²) < 4.78 is 0.542. The number of rotatable bonds is 3. The number of thiophene rings is 1. The topological polar surface area (TPSA) is 21.6 Å². The maximum atomic E-state index is 5.81. The molecule has 0 fully saturated rings. The van der Waals surface area contributed by atoms with Gasteiger partial charge in [-0.3, -0.25) is 0 Å². The van der Waals surface area contributed by atoms with Crippen molar-refractivity contribution in [3.8, 4) is 12.3 Å². The summed E-state index contributed by atoms with van der Waals surface area (Å²) in [7, 11) is 0. The summed E-state index contributed by atoms with van der Waals surface area (Å²) in [5.74, 6) is 2.28. The molecule has 0 amide bonds. The summed E-state index contributed by atoms with van der Waals surface area (Å²) in [6.45, 7) is 0.145. The van der Waals surface area contributed by atoms with Crippen molar-refractivity contribution in [3.63, 3.8) is 0 Å². The lowest BCUT2D eigenvalue weighted by Crippen LogP contribution is -1.83. The van der Waals surface area contributed by atoms with E-state index in [1.54, 1.807) is 5.38 Å². The van der Waals surface area contributed by atoms with E-state index in [0.717, 1.165) is 5.56 Å². The molecule has 68 valence electrons. The fourth-order valence-electron chi connectivity index (χ4n) is 0.588. The Kier molecular flexibility index (Phi) is 4.10. The van der Waals surface area contributed by atoms with E-state index in [1.165, 1.54) is 17.6 Å². The Balaban J connectivity index is 2.59. The normalized spacial score (nSPS) is 10.2. The van der Waals surface area contributed by atoms with Crippen LogP contribution in [0.15, 0.2) is 10.5 Å². The molecule has 0 saturated carbocycles. The first kappa shape index (κ1) is 10.4. The van der Waals surface area contributed by atoms with Crippen LogP contribution in [0.3, 0.4) is 0 Å². The van der Waals surface area contributed by atoms with Crippen LogP contribution in [0.4, 0.5) is 0 Å². The Labute approximate surface area is 90.1 Å². The lowest BCUT2D eigenvalue weighted by atomic mass is 10.4. The van der Waals surface area contributed by atoms with E-state index in [-0.39, 0.29) is 6.61 Å². The van der Waals surface area contributed by atoms with Crippen molar-refractivity contribution in [1.82, 2.24) is 0 Å². The van der Waals surface area contributed by atoms with Crippen molar-refractivity contribution < 1.29 is 4.84 Å². The van der Waals surface area contributed by atoms with Gasteiger partial charge in [-0.1, -0.05) is 34.3 Å². The van der Waals surface area contributed by atoms with Crippen LogP contribution in [-0.2, 0) is 4.84 Å². The first-order chi connectivity index (χ1) is 6.25. The zero-order valence-corrected chi connectivity index (χ0v) is 8.79. The number of terminal acetylenes is 1. The largest absolute Gasteiger partial charge is 0.383 e. The van der Waals surface area contributed by atoms with Gasteiger partial charge in [-0.05, 0) is 0 Å². The average Bonchev–Trinajstić information content (AvgIpc) is 2.43. The summed E-state index contributed by atoms with van der Waals surface area (Å²) in [5.41, 5.74) is 0.730. The molecule has 13 heavy (non-hydrogen) atoms. The van der Waals surface area contributed by atoms with Gasteiger partial charge in [0, 0.05) is 10.9 Å². The Hall–Kier alpha value is -0.690. The van der Waals surface area contributed by atoms with Crippen LogP contribution in [0, 0.1) is 12.3 Å². The Bertz CT molecular complexity index is 354. The molecule has 0 N–H and O–H groups in total. The lowest BCUT2D eigenvalue weighted by Gasteiger charge is -1.89. The molecule has 0 bridgehead atoms. The van der Waals surface area contributed by atoms with E-state index in [9.17, 15) is 0 Å². The van der Waals surface area contributed by atoms with Gasteiger partial charge in [-0.2, -0.15) is 0 Å². The predicted molar refractivity (Wildman–Crippen MR) is 56.7 cm³/mol. The van der Waals surface area contributed by atoms with Gasteiger partial charge in [0.1, 0.15) is 4.34 Å². The zero-order valence-electron chi connectivity index (χ0n) is 6.46. The Morgan fingerprint density at radius 1 is 1.69 bits per heavy atom. The van der Waals surface area contributed by atoms with E-state index in [4.69, 9.17) is 29.6 Å². The number of oxime groups is 1. The van der Waals surface area contributed by atoms with Crippen molar-refractivity contribution in [3.05, 3.63) is 20.3 Å². The minimum atomic E-state index is 0.145. The second-order valence-electron chi connectivity index (χ2n) is 1.99. The first-order valence-electron chi connectivity index (χ1n) is 3.27. The molecule has 0 aliphatic heterocycles. The van der Waals surface area contributed by atoms with Gasteiger partial charge in [0.2, 0.25) is 0 Å². The molecule has 1 heterocycles. The SMILES string of the molecule is C#CCO/N=C/c1csc(Cl)c1Cl. The minimum absolute atomic E-state index is 0.145. The van der Waals surface area contributed by atoms with Crippen molar-refractivity contribution in [2.75, 3.05) is 6.61 Å². The third-order valence-corrected chi connectivity index (χ3v) is 2.98. The fourth-order valence-corrected chi connectivity index (χ4v) is 1.76. The Morgan fingerprint density at radius 2 is 2.46 bits per heavy atom. The number of hydrogen-bond donors (Lipinski definition) is 0. The first-order valence-corrected chi connectivity index (χ1v) is 4.90. The predicted octanol–water partition coefficient (Wildman–Crippen LogP) is 3.04. The molecule has 0 spiro atoms. The van der Waals surface area contributed by atoms with Crippen LogP contribution in [0.5, 0.6) is 0 Å². The highest BCUT2D eigenvalue weighted by Crippen LogP contribution is 2.31. The van der Waals surface area contributed by atoms with Gasteiger partial charge in [-0.15, -0.1) is 17.8 Å². The third kappa shape index (κ3) is 2.92. The van der Waals surface area contributed by atoms with Gasteiger partial charge in [0.05, 0.1) is 11.2 Å². The van der Waals surface area contributed by atoms with Crippen LogP contribution >= 0.6 is 34.5 Å². The summed E-state index contributed by atoms with van der Waals surface area (Å²) in [6.07, 6.45) is 6.42. The standard InChI is InChI=1S/C8H5Cl2NOS/c1-2-3-12-11-4-6-5-13-8(10)7(6)9/h1,4-5H,3H2/b11-4+. The summed E-state index contributed by atoms with van der Waals surface area (Å²) in [5, 5.41) is 5.87. The van der Waals surface area contributed by atoms with E-state index < -0.39 is 0 Å². The third-order valence-electron chi connectivity index (χ3n) is 1.13. The maximum Gasteiger partial charge on any atom is 0.177 e. The summed E-state index contributed by atoms with van der Waals surface area (Å²) >= 11 is 12.9. The second-order valence-corrected chi connectivity index (χ2v) is 3.85. The van der Waals surface area contributed by atoms with Crippen LogP contribution in [-0.4, -0.2) is 12.8 Å². The molecule has 0 saturated heterocycles. The monoisotopic (exact) mass is 233 g/mol. The number of nitrogens with zero attached hydrogens (tertiary/aromatic N) is 1. The second kappa shape index (κ2) is 5.13. The number of hydrogen-bond acceptors (Lipinski definition) is 3. The summed E-state index contributed by atoms with van der Waals surface area (Å²) in [4.78, 5) is 4.69. The van der Waals surface area contributed by atoms with Crippen molar-refractivity contribution in [2.45, 2.75) is 0 Å². The van der Waals surface area contributed by atoms with Gasteiger partial charge >= 0.3 is 0 Å². The molecule has 1 aromatic rings. The lowest BCUT2D eigenvalue weighted by molar-refractivity contribution is 0.181. The molecular weight excluding hydrogens is 229 g/mol. The van der Waals surface area contributed by atoms with Gasteiger partial charge < -0.3 is 4.84 Å². The molecule has 1 rings (SSSR count). The molecule has 2 nitrogen and oxygen atoms in total. The minimum Gasteiger partial charge on any atom is -0.383 e. The van der Waals surface area contributed by atoms with E-state index in [1.807, 2.05) is 0 Å². The van der Waals surface area contributed by atoms with Gasteiger partial charge in [-0.25, -0.2) is 0 Å². The molecular formula is C8H5Cl2NOS. The molecule has 0 aromatic carbocycles. The molecule has 0 aliphatic carbocycles. The molecule has 1 aromatic heterocycles. The quantitative estimate of drug-likeness (QED) is 0.341. The van der Waals surface area contributed by atoms with Crippen molar-refractivity contribution >= 4 is 40.8 Å². The van der Waals surface area contributed by atoms with Crippen LogP contribution in [0.2, 0.25) is 9.36 Å².